The van der Waals surface area contributed by atoms with Crippen LogP contribution < -0.4 is 11.1 Å². The first-order chi connectivity index (χ1) is 9.69. The SMILES string of the molecule is CC(Cn1cccn1)NC(=O)Cc1ccccc1CN. The zero-order chi connectivity index (χ0) is 14.4. The lowest BCUT2D eigenvalue weighted by atomic mass is 10.0. The molecule has 1 atom stereocenters. The third-order valence-electron chi connectivity index (χ3n) is 3.12. The van der Waals surface area contributed by atoms with Gasteiger partial charge in [0, 0.05) is 25.0 Å². The number of carbonyl (C=O) groups excluding carboxylic acids is 1. The minimum atomic E-state index is 0.00514. The summed E-state index contributed by atoms with van der Waals surface area (Å²) in [7, 11) is 0. The topological polar surface area (TPSA) is 72.9 Å². The second kappa shape index (κ2) is 6.86. The van der Waals surface area contributed by atoms with E-state index in [1.54, 1.807) is 10.9 Å². The van der Waals surface area contributed by atoms with Gasteiger partial charge in [-0.05, 0) is 24.1 Å². The summed E-state index contributed by atoms with van der Waals surface area (Å²) in [6.45, 7) is 3.08. The molecule has 0 saturated heterocycles. The largest absolute Gasteiger partial charge is 0.351 e. The number of rotatable bonds is 6. The molecule has 106 valence electrons. The maximum absolute atomic E-state index is 12.0. The molecular formula is C15H20N4O. The number of hydrogen-bond acceptors (Lipinski definition) is 3. The number of carbonyl (C=O) groups is 1. The third-order valence-corrected chi connectivity index (χ3v) is 3.12. The van der Waals surface area contributed by atoms with Crippen molar-refractivity contribution in [2.24, 2.45) is 5.73 Å². The van der Waals surface area contributed by atoms with Gasteiger partial charge in [0.2, 0.25) is 5.91 Å². The average molecular weight is 272 g/mol. The molecule has 3 N–H and O–H groups in total. The van der Waals surface area contributed by atoms with Gasteiger partial charge in [0.15, 0.2) is 0 Å². The van der Waals surface area contributed by atoms with Crippen LogP contribution in [-0.2, 0) is 24.3 Å². The summed E-state index contributed by atoms with van der Waals surface area (Å²) in [6.07, 6.45) is 3.97. The van der Waals surface area contributed by atoms with Crippen molar-refractivity contribution in [2.45, 2.75) is 32.5 Å². The second-order valence-electron chi connectivity index (χ2n) is 4.85. The Balaban J connectivity index is 1.88. The Labute approximate surface area is 118 Å². The van der Waals surface area contributed by atoms with Crippen LogP contribution in [0.15, 0.2) is 42.7 Å². The summed E-state index contributed by atoms with van der Waals surface area (Å²) >= 11 is 0. The Morgan fingerprint density at radius 3 is 2.75 bits per heavy atom. The molecule has 2 aromatic rings. The van der Waals surface area contributed by atoms with Crippen molar-refractivity contribution < 1.29 is 4.79 Å². The molecule has 0 spiro atoms. The molecule has 1 unspecified atom stereocenters. The molecular weight excluding hydrogens is 252 g/mol. The highest BCUT2D eigenvalue weighted by Crippen LogP contribution is 2.08. The van der Waals surface area contributed by atoms with E-state index in [-0.39, 0.29) is 11.9 Å². The Morgan fingerprint density at radius 2 is 2.10 bits per heavy atom. The highest BCUT2D eigenvalue weighted by molar-refractivity contribution is 5.79. The Kier molecular flexibility index (Phi) is 4.90. The molecule has 1 heterocycles. The predicted molar refractivity (Wildman–Crippen MR) is 77.9 cm³/mol. The molecule has 0 aliphatic heterocycles. The van der Waals surface area contributed by atoms with Crippen LogP contribution in [-0.4, -0.2) is 21.7 Å². The number of nitrogens with zero attached hydrogens (tertiary/aromatic N) is 2. The molecule has 0 radical (unpaired) electrons. The van der Waals surface area contributed by atoms with Crippen molar-refractivity contribution in [3.8, 4) is 0 Å². The van der Waals surface area contributed by atoms with Crippen LogP contribution in [0.5, 0.6) is 0 Å². The molecule has 20 heavy (non-hydrogen) atoms. The van der Waals surface area contributed by atoms with Gasteiger partial charge in [-0.15, -0.1) is 0 Å². The molecule has 1 aromatic carbocycles. The molecule has 1 amide bonds. The number of hydrogen-bond donors (Lipinski definition) is 2. The van der Waals surface area contributed by atoms with Crippen molar-refractivity contribution in [2.75, 3.05) is 0 Å². The highest BCUT2D eigenvalue weighted by Gasteiger charge is 2.10. The van der Waals surface area contributed by atoms with Gasteiger partial charge in [0.1, 0.15) is 0 Å². The fraction of sp³-hybridized carbons (Fsp3) is 0.333. The smallest absolute Gasteiger partial charge is 0.224 e. The Bertz CT molecular complexity index is 551. The van der Waals surface area contributed by atoms with E-state index < -0.39 is 0 Å². The Hall–Kier alpha value is -2.14. The number of benzene rings is 1. The van der Waals surface area contributed by atoms with Crippen LogP contribution in [0, 0.1) is 0 Å². The van der Waals surface area contributed by atoms with Crippen molar-refractivity contribution >= 4 is 5.91 Å². The maximum Gasteiger partial charge on any atom is 0.224 e. The van der Waals surface area contributed by atoms with E-state index in [0.29, 0.717) is 19.5 Å². The number of nitrogens with one attached hydrogen (secondary N) is 1. The van der Waals surface area contributed by atoms with Crippen LogP contribution in [0.2, 0.25) is 0 Å². The lowest BCUT2D eigenvalue weighted by Crippen LogP contribution is -2.36. The van der Waals surface area contributed by atoms with Crippen LogP contribution in [0.3, 0.4) is 0 Å². The predicted octanol–water partition coefficient (Wildman–Crippen LogP) is 1.09. The molecule has 0 aliphatic rings. The van der Waals surface area contributed by atoms with Crippen molar-refractivity contribution in [3.05, 3.63) is 53.9 Å². The van der Waals surface area contributed by atoms with Gasteiger partial charge in [-0.2, -0.15) is 5.10 Å². The molecule has 5 nitrogen and oxygen atoms in total. The molecule has 0 fully saturated rings. The van der Waals surface area contributed by atoms with Gasteiger partial charge in [0.25, 0.3) is 0 Å². The number of aromatic nitrogens is 2. The van der Waals surface area contributed by atoms with Gasteiger partial charge in [-0.3, -0.25) is 9.48 Å². The summed E-state index contributed by atoms with van der Waals surface area (Å²) in [5.74, 6) is 0.00514. The van der Waals surface area contributed by atoms with Crippen molar-refractivity contribution in [3.63, 3.8) is 0 Å². The quantitative estimate of drug-likeness (QED) is 0.826. The molecule has 2 rings (SSSR count). The van der Waals surface area contributed by atoms with Gasteiger partial charge < -0.3 is 11.1 Å². The Morgan fingerprint density at radius 1 is 1.35 bits per heavy atom. The fourth-order valence-electron chi connectivity index (χ4n) is 2.16. The number of amides is 1. The summed E-state index contributed by atoms with van der Waals surface area (Å²) in [4.78, 5) is 12.0. The lowest BCUT2D eigenvalue weighted by molar-refractivity contribution is -0.121. The molecule has 0 aliphatic carbocycles. The van der Waals surface area contributed by atoms with Crippen LogP contribution in [0.25, 0.3) is 0 Å². The standard InChI is InChI=1S/C15H20N4O/c1-12(11-19-8-4-7-17-19)18-15(20)9-13-5-2-3-6-14(13)10-16/h2-8,12H,9-11,16H2,1H3,(H,18,20). The van der Waals surface area contributed by atoms with E-state index >= 15 is 0 Å². The first-order valence-electron chi connectivity index (χ1n) is 6.72. The normalized spacial score (nSPS) is 12.1. The maximum atomic E-state index is 12.0. The van der Waals surface area contributed by atoms with E-state index in [0.717, 1.165) is 11.1 Å². The molecule has 0 bridgehead atoms. The van der Waals surface area contributed by atoms with Crippen molar-refractivity contribution in [1.82, 2.24) is 15.1 Å². The van der Waals surface area contributed by atoms with E-state index in [9.17, 15) is 4.79 Å². The third kappa shape index (κ3) is 3.93. The average Bonchev–Trinajstić information content (AvgIpc) is 2.91. The highest BCUT2D eigenvalue weighted by atomic mass is 16.1. The van der Waals surface area contributed by atoms with Gasteiger partial charge in [0.05, 0.1) is 13.0 Å². The molecule has 1 aromatic heterocycles. The zero-order valence-corrected chi connectivity index (χ0v) is 11.6. The van der Waals surface area contributed by atoms with Crippen LogP contribution in [0.4, 0.5) is 0 Å². The summed E-state index contributed by atoms with van der Waals surface area (Å²) in [6, 6.07) is 9.66. The molecule has 5 heteroatoms. The van der Waals surface area contributed by atoms with E-state index in [2.05, 4.69) is 10.4 Å². The van der Waals surface area contributed by atoms with Crippen LogP contribution >= 0.6 is 0 Å². The zero-order valence-electron chi connectivity index (χ0n) is 11.6. The summed E-state index contributed by atoms with van der Waals surface area (Å²) < 4.78 is 1.80. The number of nitrogens with two attached hydrogens (primary N) is 1. The minimum Gasteiger partial charge on any atom is -0.351 e. The first kappa shape index (κ1) is 14.3. The van der Waals surface area contributed by atoms with Crippen LogP contribution in [0.1, 0.15) is 18.1 Å². The second-order valence-corrected chi connectivity index (χ2v) is 4.85. The van der Waals surface area contributed by atoms with E-state index in [1.165, 1.54) is 0 Å². The van der Waals surface area contributed by atoms with Gasteiger partial charge >= 0.3 is 0 Å². The van der Waals surface area contributed by atoms with Gasteiger partial charge in [-0.1, -0.05) is 24.3 Å². The summed E-state index contributed by atoms with van der Waals surface area (Å²) in [5, 5.41) is 7.10. The molecule has 0 saturated carbocycles. The lowest BCUT2D eigenvalue weighted by Gasteiger charge is -2.15. The first-order valence-corrected chi connectivity index (χ1v) is 6.72. The minimum absolute atomic E-state index is 0.00514. The monoisotopic (exact) mass is 272 g/mol. The van der Waals surface area contributed by atoms with Crippen molar-refractivity contribution in [1.29, 1.82) is 0 Å². The fourth-order valence-corrected chi connectivity index (χ4v) is 2.16. The summed E-state index contributed by atoms with van der Waals surface area (Å²) in [5.41, 5.74) is 7.68. The van der Waals surface area contributed by atoms with E-state index in [4.69, 9.17) is 5.73 Å². The van der Waals surface area contributed by atoms with Gasteiger partial charge in [-0.25, -0.2) is 0 Å². The van der Waals surface area contributed by atoms with E-state index in [1.807, 2.05) is 43.5 Å².